The average molecular weight is 375 g/mol. The summed E-state index contributed by atoms with van der Waals surface area (Å²) in [4.78, 5) is 14.5. The summed E-state index contributed by atoms with van der Waals surface area (Å²) in [5, 5.41) is 3.54. The summed E-state index contributed by atoms with van der Waals surface area (Å²) >= 11 is 5.84. The Hall–Kier alpha value is -2.24. The van der Waals surface area contributed by atoms with Crippen molar-refractivity contribution < 1.29 is 14.3 Å². The van der Waals surface area contributed by atoms with Crippen LogP contribution in [0.25, 0.3) is 0 Å². The second kappa shape index (κ2) is 8.92. The molecule has 1 saturated heterocycles. The van der Waals surface area contributed by atoms with E-state index in [0.29, 0.717) is 17.3 Å². The van der Waals surface area contributed by atoms with E-state index in [-0.39, 0.29) is 5.91 Å². The number of nitrogens with one attached hydrogen (secondary N) is 1. The van der Waals surface area contributed by atoms with Crippen LogP contribution in [0.15, 0.2) is 48.5 Å². The van der Waals surface area contributed by atoms with Crippen molar-refractivity contribution in [3.63, 3.8) is 0 Å². The number of ether oxygens (including phenoxy) is 2. The molecule has 1 N–H and O–H groups in total. The van der Waals surface area contributed by atoms with Gasteiger partial charge >= 0.3 is 0 Å². The zero-order valence-corrected chi connectivity index (χ0v) is 15.5. The number of rotatable bonds is 6. The number of hydrogen-bond donors (Lipinski definition) is 1. The molecule has 26 heavy (non-hydrogen) atoms. The predicted octanol–water partition coefficient (Wildman–Crippen LogP) is 3.26. The minimum atomic E-state index is -0.580. The number of hydrogen-bond acceptors (Lipinski definition) is 4. The van der Waals surface area contributed by atoms with E-state index in [9.17, 15) is 4.79 Å². The van der Waals surface area contributed by atoms with Crippen LogP contribution in [0.3, 0.4) is 0 Å². The van der Waals surface area contributed by atoms with E-state index in [4.69, 9.17) is 21.1 Å². The van der Waals surface area contributed by atoms with Gasteiger partial charge in [-0.3, -0.25) is 4.79 Å². The summed E-state index contributed by atoms with van der Waals surface area (Å²) in [7, 11) is 0. The molecule has 0 aliphatic carbocycles. The third-order valence-electron chi connectivity index (χ3n) is 4.28. The first-order valence-electron chi connectivity index (χ1n) is 8.73. The van der Waals surface area contributed by atoms with E-state index in [0.717, 1.165) is 31.9 Å². The van der Waals surface area contributed by atoms with Crippen molar-refractivity contribution in [3.8, 4) is 5.75 Å². The van der Waals surface area contributed by atoms with Crippen LogP contribution in [0.1, 0.15) is 12.5 Å². The van der Waals surface area contributed by atoms with Crippen molar-refractivity contribution in [2.75, 3.05) is 31.2 Å². The van der Waals surface area contributed by atoms with Gasteiger partial charge in [0.05, 0.1) is 13.2 Å². The highest BCUT2D eigenvalue weighted by molar-refractivity contribution is 6.30. The zero-order valence-electron chi connectivity index (χ0n) is 14.8. The highest BCUT2D eigenvalue weighted by Crippen LogP contribution is 2.18. The molecule has 2 aromatic carbocycles. The monoisotopic (exact) mass is 374 g/mol. The molecule has 1 fully saturated rings. The molecule has 1 aliphatic heterocycles. The Morgan fingerprint density at radius 2 is 1.81 bits per heavy atom. The molecule has 1 atom stereocenters. The molecule has 0 spiro atoms. The summed E-state index contributed by atoms with van der Waals surface area (Å²) in [6.45, 7) is 5.56. The van der Waals surface area contributed by atoms with Crippen LogP contribution in [0, 0.1) is 0 Å². The highest BCUT2D eigenvalue weighted by atomic mass is 35.5. The first kappa shape index (κ1) is 18.5. The molecule has 0 saturated carbocycles. The van der Waals surface area contributed by atoms with Crippen LogP contribution in [-0.4, -0.2) is 38.3 Å². The van der Waals surface area contributed by atoms with Crippen molar-refractivity contribution in [1.29, 1.82) is 0 Å². The van der Waals surface area contributed by atoms with E-state index in [1.54, 1.807) is 31.2 Å². The molecule has 1 aliphatic rings. The molecule has 1 amide bonds. The maximum absolute atomic E-state index is 12.2. The molecule has 0 unspecified atom stereocenters. The van der Waals surface area contributed by atoms with Gasteiger partial charge in [0.1, 0.15) is 5.75 Å². The van der Waals surface area contributed by atoms with Gasteiger partial charge in [-0.25, -0.2) is 0 Å². The number of benzene rings is 2. The molecule has 1 heterocycles. The highest BCUT2D eigenvalue weighted by Gasteiger charge is 2.15. The fourth-order valence-corrected chi connectivity index (χ4v) is 2.88. The molecule has 138 valence electrons. The van der Waals surface area contributed by atoms with Crippen molar-refractivity contribution in [2.45, 2.75) is 19.6 Å². The number of amides is 1. The number of morpholine rings is 1. The van der Waals surface area contributed by atoms with Crippen molar-refractivity contribution >= 4 is 23.2 Å². The Kier molecular flexibility index (Phi) is 6.36. The lowest BCUT2D eigenvalue weighted by Gasteiger charge is -2.28. The van der Waals surface area contributed by atoms with Gasteiger partial charge in [-0.1, -0.05) is 23.7 Å². The van der Waals surface area contributed by atoms with Crippen molar-refractivity contribution in [1.82, 2.24) is 5.32 Å². The van der Waals surface area contributed by atoms with Gasteiger partial charge in [0.25, 0.3) is 5.91 Å². The standard InChI is InChI=1S/C20H23ClN2O3/c1-15(26-19-8-4-17(21)5-9-19)20(24)22-14-16-2-6-18(7-3-16)23-10-12-25-13-11-23/h2-9,15H,10-14H2,1H3,(H,22,24)/t15-/m0/s1. The lowest BCUT2D eigenvalue weighted by atomic mass is 10.2. The topological polar surface area (TPSA) is 50.8 Å². The molecule has 0 aromatic heterocycles. The maximum atomic E-state index is 12.2. The van der Waals surface area contributed by atoms with Crippen LogP contribution in [0.4, 0.5) is 5.69 Å². The van der Waals surface area contributed by atoms with Gasteiger partial charge in [-0.05, 0) is 48.9 Å². The van der Waals surface area contributed by atoms with Crippen molar-refractivity contribution in [3.05, 3.63) is 59.1 Å². The Morgan fingerprint density at radius 1 is 1.15 bits per heavy atom. The zero-order chi connectivity index (χ0) is 18.4. The third kappa shape index (κ3) is 5.13. The lowest BCUT2D eigenvalue weighted by Crippen LogP contribution is -2.36. The molecule has 0 radical (unpaired) electrons. The Bertz CT molecular complexity index is 713. The van der Waals surface area contributed by atoms with E-state index >= 15 is 0 Å². The molecule has 5 nitrogen and oxygen atoms in total. The predicted molar refractivity (Wildman–Crippen MR) is 103 cm³/mol. The number of carbonyl (C=O) groups is 1. The van der Waals surface area contributed by atoms with Gasteiger partial charge in [0, 0.05) is 30.3 Å². The van der Waals surface area contributed by atoms with Gasteiger partial charge in [0.15, 0.2) is 6.10 Å². The van der Waals surface area contributed by atoms with Crippen LogP contribution in [0.5, 0.6) is 5.75 Å². The Labute approximate surface area is 158 Å². The SMILES string of the molecule is C[C@H](Oc1ccc(Cl)cc1)C(=O)NCc1ccc(N2CCOCC2)cc1. The minimum absolute atomic E-state index is 0.155. The van der Waals surface area contributed by atoms with E-state index in [2.05, 4.69) is 22.3 Å². The quantitative estimate of drug-likeness (QED) is 0.843. The van der Waals surface area contributed by atoms with Gasteiger partial charge in [0.2, 0.25) is 0 Å². The molecular weight excluding hydrogens is 352 g/mol. The Balaban J connectivity index is 1.48. The summed E-state index contributed by atoms with van der Waals surface area (Å²) in [5.41, 5.74) is 2.23. The smallest absolute Gasteiger partial charge is 0.261 e. The first-order chi connectivity index (χ1) is 12.6. The van der Waals surface area contributed by atoms with Crippen LogP contribution >= 0.6 is 11.6 Å². The van der Waals surface area contributed by atoms with Crippen LogP contribution in [-0.2, 0) is 16.1 Å². The average Bonchev–Trinajstić information content (AvgIpc) is 2.69. The second-order valence-corrected chi connectivity index (χ2v) is 6.63. The minimum Gasteiger partial charge on any atom is -0.481 e. The number of nitrogens with zero attached hydrogens (tertiary/aromatic N) is 1. The largest absolute Gasteiger partial charge is 0.481 e. The number of anilines is 1. The molecule has 6 heteroatoms. The third-order valence-corrected chi connectivity index (χ3v) is 4.53. The van der Waals surface area contributed by atoms with E-state index in [1.165, 1.54) is 5.69 Å². The molecule has 3 rings (SSSR count). The van der Waals surface area contributed by atoms with Gasteiger partial charge in [-0.15, -0.1) is 0 Å². The number of carbonyl (C=O) groups excluding carboxylic acids is 1. The summed E-state index contributed by atoms with van der Waals surface area (Å²) in [6, 6.07) is 15.2. The van der Waals surface area contributed by atoms with Crippen LogP contribution in [0.2, 0.25) is 5.02 Å². The van der Waals surface area contributed by atoms with Gasteiger partial charge in [-0.2, -0.15) is 0 Å². The summed E-state index contributed by atoms with van der Waals surface area (Å²) < 4.78 is 11.0. The Morgan fingerprint density at radius 3 is 2.46 bits per heavy atom. The normalized spacial score (nSPS) is 15.4. The fourth-order valence-electron chi connectivity index (χ4n) is 2.75. The lowest BCUT2D eigenvalue weighted by molar-refractivity contribution is -0.127. The van der Waals surface area contributed by atoms with Crippen molar-refractivity contribution in [2.24, 2.45) is 0 Å². The molecule has 2 aromatic rings. The first-order valence-corrected chi connectivity index (χ1v) is 9.11. The van der Waals surface area contributed by atoms with Crippen LogP contribution < -0.4 is 15.0 Å². The van der Waals surface area contributed by atoms with E-state index < -0.39 is 6.10 Å². The van der Waals surface area contributed by atoms with Gasteiger partial charge < -0.3 is 19.7 Å². The number of halogens is 1. The molecule has 0 bridgehead atoms. The second-order valence-electron chi connectivity index (χ2n) is 6.20. The fraction of sp³-hybridized carbons (Fsp3) is 0.350. The van der Waals surface area contributed by atoms with E-state index in [1.807, 2.05) is 12.1 Å². The summed E-state index contributed by atoms with van der Waals surface area (Å²) in [5.74, 6) is 0.462. The molecular formula is C20H23ClN2O3. The summed E-state index contributed by atoms with van der Waals surface area (Å²) in [6.07, 6.45) is -0.580. The maximum Gasteiger partial charge on any atom is 0.261 e.